The lowest BCUT2D eigenvalue weighted by molar-refractivity contribution is -0.384. The Bertz CT molecular complexity index is 662. The fourth-order valence-electron chi connectivity index (χ4n) is 2.38. The summed E-state index contributed by atoms with van der Waals surface area (Å²) in [6.07, 6.45) is 2.93. The molecule has 3 rings (SSSR count). The molecule has 1 amide bonds. The molecule has 2 heterocycles. The Morgan fingerprint density at radius 3 is 2.18 bits per heavy atom. The number of nitro benzene ring substituents is 1. The summed E-state index contributed by atoms with van der Waals surface area (Å²) in [5, 5.41) is 18.3. The van der Waals surface area contributed by atoms with Crippen LogP contribution in [0.5, 0.6) is 0 Å². The molecule has 0 atom stereocenters. The first-order valence-corrected chi connectivity index (χ1v) is 6.80. The van der Waals surface area contributed by atoms with Crippen LogP contribution in [-0.4, -0.2) is 57.0 Å². The van der Waals surface area contributed by atoms with Gasteiger partial charge in [-0.1, -0.05) is 4.80 Å². The number of hydrogen-bond acceptors (Lipinski definition) is 6. The first-order chi connectivity index (χ1) is 10.6. The molecule has 9 nitrogen and oxygen atoms in total. The van der Waals surface area contributed by atoms with E-state index >= 15 is 0 Å². The van der Waals surface area contributed by atoms with E-state index in [9.17, 15) is 14.9 Å². The molecule has 0 spiro atoms. The van der Waals surface area contributed by atoms with Crippen molar-refractivity contribution in [1.29, 1.82) is 0 Å². The molecule has 0 N–H and O–H groups in total. The Morgan fingerprint density at radius 1 is 1.05 bits per heavy atom. The SMILES string of the molecule is O=C(N1CCN(c2ccc([N+](=O)[O-])cc2)CC1)n1nccn1. The van der Waals surface area contributed by atoms with Gasteiger partial charge in [0.25, 0.3) is 5.69 Å². The number of non-ortho nitro benzene ring substituents is 1. The van der Waals surface area contributed by atoms with Crippen LogP contribution in [0.2, 0.25) is 0 Å². The molecular weight excluding hydrogens is 288 g/mol. The van der Waals surface area contributed by atoms with Crippen molar-refractivity contribution >= 4 is 17.4 Å². The topological polar surface area (TPSA) is 97.4 Å². The van der Waals surface area contributed by atoms with E-state index in [2.05, 4.69) is 15.1 Å². The predicted octanol–water partition coefficient (Wildman–Crippen LogP) is 0.977. The van der Waals surface area contributed by atoms with E-state index in [4.69, 9.17) is 0 Å². The van der Waals surface area contributed by atoms with Crippen LogP contribution in [0, 0.1) is 10.1 Å². The first-order valence-electron chi connectivity index (χ1n) is 6.80. The Balaban J connectivity index is 1.62. The molecule has 1 fully saturated rings. The maximum Gasteiger partial charge on any atom is 0.362 e. The number of aromatic nitrogens is 3. The largest absolute Gasteiger partial charge is 0.368 e. The molecule has 0 unspecified atom stereocenters. The molecular formula is C13H14N6O3. The second-order valence-corrected chi connectivity index (χ2v) is 4.85. The number of amides is 1. The summed E-state index contributed by atoms with van der Waals surface area (Å²) in [6, 6.07) is 6.18. The molecule has 114 valence electrons. The average Bonchev–Trinajstić information content (AvgIpc) is 3.09. The highest BCUT2D eigenvalue weighted by atomic mass is 16.6. The molecule has 0 aliphatic carbocycles. The Morgan fingerprint density at radius 2 is 1.64 bits per heavy atom. The number of piperazine rings is 1. The van der Waals surface area contributed by atoms with Crippen molar-refractivity contribution in [2.45, 2.75) is 0 Å². The van der Waals surface area contributed by atoms with Gasteiger partial charge in [-0.3, -0.25) is 10.1 Å². The minimum Gasteiger partial charge on any atom is -0.368 e. The lowest BCUT2D eigenvalue weighted by Gasteiger charge is -2.35. The molecule has 1 aromatic heterocycles. The van der Waals surface area contributed by atoms with Gasteiger partial charge in [-0.2, -0.15) is 10.2 Å². The van der Waals surface area contributed by atoms with Gasteiger partial charge >= 0.3 is 6.03 Å². The second-order valence-electron chi connectivity index (χ2n) is 4.85. The van der Waals surface area contributed by atoms with Gasteiger partial charge in [0.15, 0.2) is 0 Å². The zero-order chi connectivity index (χ0) is 15.5. The first kappa shape index (κ1) is 14.0. The number of anilines is 1. The molecule has 0 radical (unpaired) electrons. The zero-order valence-electron chi connectivity index (χ0n) is 11.7. The monoisotopic (exact) mass is 302 g/mol. The fourth-order valence-corrected chi connectivity index (χ4v) is 2.38. The van der Waals surface area contributed by atoms with Gasteiger partial charge in [-0.25, -0.2) is 4.79 Å². The highest BCUT2D eigenvalue weighted by molar-refractivity contribution is 5.75. The number of carbonyl (C=O) groups excluding carboxylic acids is 1. The van der Waals surface area contributed by atoms with Crippen LogP contribution in [0.15, 0.2) is 36.7 Å². The molecule has 0 bridgehead atoms. The van der Waals surface area contributed by atoms with E-state index in [0.717, 1.165) is 10.5 Å². The average molecular weight is 302 g/mol. The third-order valence-corrected chi connectivity index (χ3v) is 3.57. The van der Waals surface area contributed by atoms with Crippen LogP contribution >= 0.6 is 0 Å². The quantitative estimate of drug-likeness (QED) is 0.606. The summed E-state index contributed by atoms with van der Waals surface area (Å²) in [4.78, 5) is 27.2. The van der Waals surface area contributed by atoms with Gasteiger partial charge in [0.1, 0.15) is 0 Å². The van der Waals surface area contributed by atoms with E-state index < -0.39 is 4.92 Å². The Kier molecular flexibility index (Phi) is 3.69. The van der Waals surface area contributed by atoms with E-state index in [1.54, 1.807) is 17.0 Å². The van der Waals surface area contributed by atoms with Gasteiger partial charge in [0.2, 0.25) is 0 Å². The summed E-state index contributed by atoms with van der Waals surface area (Å²) in [7, 11) is 0. The highest BCUT2D eigenvalue weighted by Gasteiger charge is 2.23. The van der Waals surface area contributed by atoms with Crippen LogP contribution < -0.4 is 4.90 Å². The number of rotatable bonds is 2. The Labute approximate surface area is 125 Å². The van der Waals surface area contributed by atoms with Gasteiger partial charge in [0, 0.05) is 44.0 Å². The van der Waals surface area contributed by atoms with E-state index in [0.29, 0.717) is 26.2 Å². The summed E-state index contributed by atoms with van der Waals surface area (Å²) in [5.41, 5.74) is 0.984. The van der Waals surface area contributed by atoms with Crippen molar-refractivity contribution < 1.29 is 9.72 Å². The molecule has 1 saturated heterocycles. The third kappa shape index (κ3) is 2.73. The van der Waals surface area contributed by atoms with E-state index in [-0.39, 0.29) is 11.7 Å². The van der Waals surface area contributed by atoms with Crippen molar-refractivity contribution in [3.63, 3.8) is 0 Å². The summed E-state index contributed by atoms with van der Waals surface area (Å²) < 4.78 is 0. The Hall–Kier alpha value is -2.97. The standard InChI is InChI=1S/C13H14N6O3/c20-13(18-14-5-6-15-18)17-9-7-16(8-10-17)11-1-3-12(4-2-11)19(21)22/h1-6H,7-10H2. The van der Waals surface area contributed by atoms with Crippen molar-refractivity contribution in [3.05, 3.63) is 46.8 Å². The van der Waals surface area contributed by atoms with E-state index in [1.807, 2.05) is 0 Å². The van der Waals surface area contributed by atoms with Crippen LogP contribution in [-0.2, 0) is 0 Å². The summed E-state index contributed by atoms with van der Waals surface area (Å²) in [5.74, 6) is 0. The number of benzene rings is 1. The summed E-state index contributed by atoms with van der Waals surface area (Å²) in [6.45, 7) is 2.42. The molecule has 22 heavy (non-hydrogen) atoms. The number of carbonyl (C=O) groups is 1. The molecule has 1 aromatic carbocycles. The van der Waals surface area contributed by atoms with Crippen LogP contribution in [0.25, 0.3) is 0 Å². The van der Waals surface area contributed by atoms with Crippen LogP contribution in [0.1, 0.15) is 0 Å². The molecule has 2 aromatic rings. The lowest BCUT2D eigenvalue weighted by atomic mass is 10.2. The van der Waals surface area contributed by atoms with Gasteiger partial charge in [-0.05, 0) is 12.1 Å². The molecule has 1 aliphatic heterocycles. The molecule has 1 aliphatic rings. The second kappa shape index (κ2) is 5.80. The minimum absolute atomic E-state index is 0.0716. The number of nitrogens with zero attached hydrogens (tertiary/aromatic N) is 6. The summed E-state index contributed by atoms with van der Waals surface area (Å²) >= 11 is 0. The van der Waals surface area contributed by atoms with Gasteiger partial charge < -0.3 is 9.80 Å². The van der Waals surface area contributed by atoms with Crippen LogP contribution in [0.4, 0.5) is 16.2 Å². The van der Waals surface area contributed by atoms with Gasteiger partial charge in [-0.15, -0.1) is 0 Å². The number of nitro groups is 1. The van der Waals surface area contributed by atoms with Crippen LogP contribution in [0.3, 0.4) is 0 Å². The van der Waals surface area contributed by atoms with Gasteiger partial charge in [0.05, 0.1) is 17.3 Å². The highest BCUT2D eigenvalue weighted by Crippen LogP contribution is 2.20. The van der Waals surface area contributed by atoms with Crippen molar-refractivity contribution in [3.8, 4) is 0 Å². The maximum absolute atomic E-state index is 12.1. The smallest absolute Gasteiger partial charge is 0.362 e. The normalized spacial score (nSPS) is 14.9. The maximum atomic E-state index is 12.1. The van der Waals surface area contributed by atoms with Crippen molar-refractivity contribution in [1.82, 2.24) is 19.9 Å². The minimum atomic E-state index is -0.419. The van der Waals surface area contributed by atoms with E-state index in [1.165, 1.54) is 24.5 Å². The zero-order valence-corrected chi connectivity index (χ0v) is 11.7. The fraction of sp³-hybridized carbons (Fsp3) is 0.308. The third-order valence-electron chi connectivity index (χ3n) is 3.57. The lowest BCUT2D eigenvalue weighted by Crippen LogP contribution is -2.50. The number of hydrogen-bond donors (Lipinski definition) is 0. The van der Waals surface area contributed by atoms with Crippen molar-refractivity contribution in [2.75, 3.05) is 31.1 Å². The van der Waals surface area contributed by atoms with Crippen molar-refractivity contribution in [2.24, 2.45) is 0 Å². The molecule has 0 saturated carbocycles. The predicted molar refractivity (Wildman–Crippen MR) is 77.7 cm³/mol. The molecule has 9 heteroatoms.